The summed E-state index contributed by atoms with van der Waals surface area (Å²) >= 11 is 12.1. The molecule has 0 saturated heterocycles. The maximum Gasteiger partial charge on any atom is 0.266 e. The van der Waals surface area contributed by atoms with Crippen molar-refractivity contribution in [3.8, 4) is 11.8 Å². The zero-order chi connectivity index (χ0) is 21.5. The first kappa shape index (κ1) is 21.4. The van der Waals surface area contributed by atoms with Crippen molar-refractivity contribution in [3.05, 3.63) is 99.3 Å². The van der Waals surface area contributed by atoms with Gasteiger partial charge in [-0.1, -0.05) is 41.4 Å². The van der Waals surface area contributed by atoms with Crippen molar-refractivity contribution in [1.82, 2.24) is 0 Å². The lowest BCUT2D eigenvalue weighted by atomic mass is 10.1. The van der Waals surface area contributed by atoms with Gasteiger partial charge in [-0.15, -0.1) is 0 Å². The van der Waals surface area contributed by atoms with Gasteiger partial charge in [0, 0.05) is 10.7 Å². The number of rotatable bonds is 6. The maximum atomic E-state index is 13.0. The lowest BCUT2D eigenvalue weighted by molar-refractivity contribution is -0.112. The molecule has 3 aromatic carbocycles. The molecule has 30 heavy (non-hydrogen) atoms. The summed E-state index contributed by atoms with van der Waals surface area (Å²) < 4.78 is 18.7. The molecular formula is C23H15Cl2FN2O2. The molecular weight excluding hydrogens is 426 g/mol. The minimum Gasteiger partial charge on any atom is -0.487 e. The largest absolute Gasteiger partial charge is 0.487 e. The minimum absolute atomic E-state index is 0.120. The van der Waals surface area contributed by atoms with E-state index in [1.807, 2.05) is 18.2 Å². The summed E-state index contributed by atoms with van der Waals surface area (Å²) in [6.07, 6.45) is 1.41. The highest BCUT2D eigenvalue weighted by atomic mass is 35.5. The second-order valence-electron chi connectivity index (χ2n) is 6.24. The number of nitrogens with one attached hydrogen (secondary N) is 1. The topological polar surface area (TPSA) is 62.1 Å². The Balaban J connectivity index is 1.69. The fourth-order valence-electron chi connectivity index (χ4n) is 2.51. The quantitative estimate of drug-likeness (QED) is 0.363. The van der Waals surface area contributed by atoms with E-state index in [4.69, 9.17) is 27.9 Å². The third kappa shape index (κ3) is 5.84. The summed E-state index contributed by atoms with van der Waals surface area (Å²) in [7, 11) is 0. The monoisotopic (exact) mass is 440 g/mol. The SMILES string of the molecule is N#C/C(=C\c1ccc(OCc2ccc(Cl)cc2)c(Cl)c1)C(=O)Nc1ccc(F)cc1. The van der Waals surface area contributed by atoms with E-state index in [2.05, 4.69) is 5.32 Å². The van der Waals surface area contributed by atoms with E-state index in [0.717, 1.165) is 5.56 Å². The molecule has 0 atom stereocenters. The number of nitrogens with zero attached hydrogens (tertiary/aromatic N) is 1. The number of nitriles is 1. The summed E-state index contributed by atoms with van der Waals surface area (Å²) in [6, 6.07) is 19.3. The number of anilines is 1. The van der Waals surface area contributed by atoms with Crippen LogP contribution in [0.2, 0.25) is 10.0 Å². The molecule has 0 fully saturated rings. The zero-order valence-electron chi connectivity index (χ0n) is 15.5. The van der Waals surface area contributed by atoms with Crippen molar-refractivity contribution < 1.29 is 13.9 Å². The lowest BCUT2D eigenvalue weighted by Crippen LogP contribution is -2.13. The highest BCUT2D eigenvalue weighted by molar-refractivity contribution is 6.32. The van der Waals surface area contributed by atoms with E-state index < -0.39 is 11.7 Å². The Kier molecular flexibility index (Phi) is 7.08. The average Bonchev–Trinajstić information content (AvgIpc) is 2.74. The average molecular weight is 441 g/mol. The van der Waals surface area contributed by atoms with Gasteiger partial charge in [0.2, 0.25) is 0 Å². The third-order valence-corrected chi connectivity index (χ3v) is 4.59. The fraction of sp³-hybridized carbons (Fsp3) is 0.0435. The molecule has 0 aromatic heterocycles. The van der Waals surface area contributed by atoms with Gasteiger partial charge in [-0.2, -0.15) is 5.26 Å². The molecule has 3 rings (SSSR count). The van der Waals surface area contributed by atoms with Gasteiger partial charge >= 0.3 is 0 Å². The second kappa shape index (κ2) is 9.93. The van der Waals surface area contributed by atoms with Gasteiger partial charge < -0.3 is 10.1 Å². The number of amides is 1. The van der Waals surface area contributed by atoms with Crippen LogP contribution in [0.3, 0.4) is 0 Å². The van der Waals surface area contributed by atoms with Crippen molar-refractivity contribution >= 4 is 40.9 Å². The van der Waals surface area contributed by atoms with Crippen LogP contribution in [0.1, 0.15) is 11.1 Å². The summed E-state index contributed by atoms with van der Waals surface area (Å²) in [5.41, 5.74) is 1.75. The Bertz CT molecular complexity index is 1120. The standard InChI is InChI=1S/C23H15Cl2FN2O2/c24-18-4-1-15(2-5-18)14-30-22-10-3-16(12-21(22)25)11-17(13-27)23(29)28-20-8-6-19(26)7-9-20/h1-12H,14H2,(H,28,29)/b17-11+. The van der Waals surface area contributed by atoms with Crippen LogP contribution >= 0.6 is 23.2 Å². The molecule has 4 nitrogen and oxygen atoms in total. The number of ether oxygens (including phenoxy) is 1. The van der Waals surface area contributed by atoms with Gasteiger partial charge in [-0.3, -0.25) is 4.79 Å². The van der Waals surface area contributed by atoms with E-state index in [0.29, 0.717) is 33.7 Å². The van der Waals surface area contributed by atoms with E-state index in [1.165, 1.54) is 30.3 Å². The number of hydrogen-bond donors (Lipinski definition) is 1. The Morgan fingerprint density at radius 2 is 1.77 bits per heavy atom. The number of hydrogen-bond acceptors (Lipinski definition) is 3. The van der Waals surface area contributed by atoms with E-state index in [1.54, 1.807) is 30.3 Å². The maximum absolute atomic E-state index is 13.0. The summed E-state index contributed by atoms with van der Waals surface area (Å²) in [4.78, 5) is 12.3. The Morgan fingerprint density at radius 1 is 1.07 bits per heavy atom. The molecule has 0 aliphatic heterocycles. The number of carbonyl (C=O) groups is 1. The van der Waals surface area contributed by atoms with Gasteiger partial charge in [0.05, 0.1) is 5.02 Å². The van der Waals surface area contributed by atoms with E-state index in [-0.39, 0.29) is 5.57 Å². The normalized spacial score (nSPS) is 10.9. The van der Waals surface area contributed by atoms with Crippen LogP contribution in [0, 0.1) is 17.1 Å². The smallest absolute Gasteiger partial charge is 0.266 e. The minimum atomic E-state index is -0.608. The van der Waals surface area contributed by atoms with Gasteiger partial charge in [0.25, 0.3) is 5.91 Å². The van der Waals surface area contributed by atoms with E-state index >= 15 is 0 Å². The molecule has 3 aromatic rings. The number of halogens is 3. The molecule has 0 saturated carbocycles. The number of benzene rings is 3. The van der Waals surface area contributed by atoms with Gasteiger partial charge in [-0.25, -0.2) is 4.39 Å². The first-order valence-corrected chi connectivity index (χ1v) is 9.56. The Hall–Kier alpha value is -3.33. The molecule has 1 amide bonds. The highest BCUT2D eigenvalue weighted by Crippen LogP contribution is 2.27. The van der Waals surface area contributed by atoms with E-state index in [9.17, 15) is 14.4 Å². The molecule has 0 spiro atoms. The van der Waals surface area contributed by atoms with Crippen LogP contribution in [0.25, 0.3) is 6.08 Å². The lowest BCUT2D eigenvalue weighted by Gasteiger charge is -2.09. The van der Waals surface area contributed by atoms with Crippen LogP contribution in [0.5, 0.6) is 5.75 Å². The Labute approximate surface area is 183 Å². The van der Waals surface area contributed by atoms with Gasteiger partial charge in [0.1, 0.15) is 29.8 Å². The first-order chi connectivity index (χ1) is 14.4. The van der Waals surface area contributed by atoms with Crippen molar-refractivity contribution in [2.75, 3.05) is 5.32 Å². The summed E-state index contributed by atoms with van der Waals surface area (Å²) in [5, 5.41) is 12.9. The zero-order valence-corrected chi connectivity index (χ0v) is 17.0. The molecule has 7 heteroatoms. The summed E-state index contributed by atoms with van der Waals surface area (Å²) in [6.45, 7) is 0.315. The molecule has 0 aliphatic carbocycles. The predicted molar refractivity (Wildman–Crippen MR) is 116 cm³/mol. The molecule has 0 radical (unpaired) electrons. The van der Waals surface area contributed by atoms with Crippen molar-refractivity contribution in [2.24, 2.45) is 0 Å². The molecule has 0 heterocycles. The summed E-state index contributed by atoms with van der Waals surface area (Å²) in [5.74, 6) is -0.557. The van der Waals surface area contributed by atoms with Gasteiger partial charge in [0.15, 0.2) is 0 Å². The van der Waals surface area contributed by atoms with Crippen molar-refractivity contribution in [2.45, 2.75) is 6.61 Å². The number of carbonyl (C=O) groups excluding carboxylic acids is 1. The van der Waals surface area contributed by atoms with Crippen LogP contribution in [-0.4, -0.2) is 5.91 Å². The van der Waals surface area contributed by atoms with Gasteiger partial charge in [-0.05, 0) is 65.7 Å². The molecule has 1 N–H and O–H groups in total. The van der Waals surface area contributed by atoms with Crippen LogP contribution in [-0.2, 0) is 11.4 Å². The Morgan fingerprint density at radius 3 is 2.40 bits per heavy atom. The van der Waals surface area contributed by atoms with Crippen LogP contribution in [0.15, 0.2) is 72.3 Å². The van der Waals surface area contributed by atoms with Crippen LogP contribution in [0.4, 0.5) is 10.1 Å². The molecule has 0 aliphatic rings. The molecule has 150 valence electrons. The molecule has 0 unspecified atom stereocenters. The molecule has 0 bridgehead atoms. The van der Waals surface area contributed by atoms with Crippen molar-refractivity contribution in [3.63, 3.8) is 0 Å². The predicted octanol–water partition coefficient (Wildman–Crippen LogP) is 6.26. The van der Waals surface area contributed by atoms with Crippen molar-refractivity contribution in [1.29, 1.82) is 5.26 Å². The fourth-order valence-corrected chi connectivity index (χ4v) is 2.88. The highest BCUT2D eigenvalue weighted by Gasteiger charge is 2.11. The first-order valence-electron chi connectivity index (χ1n) is 8.80. The third-order valence-electron chi connectivity index (χ3n) is 4.04. The second-order valence-corrected chi connectivity index (χ2v) is 7.08. The van der Waals surface area contributed by atoms with Crippen LogP contribution < -0.4 is 10.1 Å².